The number of carbonyl (C=O) groups is 3. The molecule has 0 saturated carbocycles. The number of benzene rings is 3. The van der Waals surface area contributed by atoms with Gasteiger partial charge in [-0.3, -0.25) is 24.3 Å². The number of aromatic nitrogens is 4. The lowest BCUT2D eigenvalue weighted by Gasteiger charge is -2.42. The van der Waals surface area contributed by atoms with Crippen LogP contribution in [0, 0.1) is 0 Å². The number of fused-ring (bicyclic) bond motifs is 2. The summed E-state index contributed by atoms with van der Waals surface area (Å²) in [7, 11) is 2.01. The maximum absolute atomic E-state index is 13.6. The molecule has 2 fully saturated rings. The lowest BCUT2D eigenvalue weighted by Crippen LogP contribution is -2.56. The summed E-state index contributed by atoms with van der Waals surface area (Å²) in [5, 5.41) is 21.9. The van der Waals surface area contributed by atoms with Crippen LogP contribution >= 0.6 is 22.7 Å². The summed E-state index contributed by atoms with van der Waals surface area (Å²) in [6.45, 7) is 5.64. The summed E-state index contributed by atoms with van der Waals surface area (Å²) in [6.07, 6.45) is 5.71. The van der Waals surface area contributed by atoms with E-state index in [1.165, 1.54) is 45.5 Å². The number of piperazine rings is 1. The molecule has 2 bridgehead atoms. The lowest BCUT2D eigenvalue weighted by atomic mass is 10.1. The quantitative estimate of drug-likeness (QED) is 0.0597. The van der Waals surface area contributed by atoms with E-state index in [0.29, 0.717) is 53.5 Å². The van der Waals surface area contributed by atoms with Gasteiger partial charge in [-0.2, -0.15) is 4.68 Å². The highest BCUT2D eigenvalue weighted by atomic mass is 32.1. The fourth-order valence-corrected chi connectivity index (χ4v) is 9.37. The zero-order valence-electron chi connectivity index (χ0n) is 35.8. The molecule has 8 rings (SSSR count). The number of aromatic amines is 1. The number of carbonyl (C=O) groups excluding carboxylic acids is 3. The molecule has 64 heavy (non-hydrogen) atoms. The van der Waals surface area contributed by atoms with Crippen molar-refractivity contribution in [3.8, 4) is 33.4 Å². The van der Waals surface area contributed by atoms with Crippen LogP contribution in [0.1, 0.15) is 38.2 Å². The van der Waals surface area contributed by atoms with Gasteiger partial charge in [-0.25, -0.2) is 9.97 Å². The molecule has 6 aromatic rings. The van der Waals surface area contributed by atoms with E-state index in [-0.39, 0.29) is 47.7 Å². The maximum Gasteiger partial charge on any atom is 0.301 e. The molecule has 18 heteroatoms. The van der Waals surface area contributed by atoms with Crippen molar-refractivity contribution in [2.24, 2.45) is 10.2 Å². The number of nitrogens with zero attached hydrogens (tertiary/aromatic N) is 8. The first-order valence-electron chi connectivity index (χ1n) is 21.4. The van der Waals surface area contributed by atoms with Crippen LogP contribution in [0.4, 0.5) is 16.5 Å². The Hall–Kier alpha value is -6.50. The van der Waals surface area contributed by atoms with E-state index >= 15 is 0 Å². The van der Waals surface area contributed by atoms with E-state index in [4.69, 9.17) is 9.72 Å². The van der Waals surface area contributed by atoms with E-state index in [1.807, 2.05) is 54.9 Å². The number of hydrogen-bond acceptors (Lipinski definition) is 13. The second-order valence-corrected chi connectivity index (χ2v) is 17.6. The fourth-order valence-electron chi connectivity index (χ4n) is 8.12. The molecule has 2 aliphatic rings. The van der Waals surface area contributed by atoms with Crippen LogP contribution in [0.2, 0.25) is 0 Å². The number of anilines is 1. The van der Waals surface area contributed by atoms with Crippen LogP contribution in [0.5, 0.6) is 5.75 Å². The molecule has 2 atom stereocenters. The van der Waals surface area contributed by atoms with E-state index in [9.17, 15) is 19.2 Å². The SMILES string of the molecule is CC(=O)NCCc1ccc(N2CC3CCC(C2)N3C(=O)CCN(C)CCCNC(=O)COc2ccc(-c3csc(-n4[nH]c(-c5ccccc5)c(N=Nc5nccs5)c4=O)n3)cc2)cc1. The number of azo groups is 1. The Morgan fingerprint density at radius 3 is 2.39 bits per heavy atom. The van der Waals surface area contributed by atoms with Crippen LogP contribution in [-0.4, -0.2) is 112 Å². The lowest BCUT2D eigenvalue weighted by molar-refractivity contribution is -0.134. The molecule has 0 spiro atoms. The van der Waals surface area contributed by atoms with Crippen molar-refractivity contribution >= 4 is 56.9 Å². The van der Waals surface area contributed by atoms with Crippen LogP contribution in [0.3, 0.4) is 0 Å². The van der Waals surface area contributed by atoms with E-state index < -0.39 is 0 Å². The monoisotopic (exact) mass is 901 g/mol. The average molecular weight is 902 g/mol. The smallest absolute Gasteiger partial charge is 0.301 e. The van der Waals surface area contributed by atoms with Gasteiger partial charge >= 0.3 is 5.56 Å². The normalized spacial score (nSPS) is 15.9. The number of nitrogens with one attached hydrogen (secondary N) is 3. The first-order valence-corrected chi connectivity index (χ1v) is 23.2. The summed E-state index contributed by atoms with van der Waals surface area (Å²) in [5.41, 5.74) is 4.94. The Kier molecular flexibility index (Phi) is 14.3. The Labute approximate surface area is 379 Å². The second-order valence-electron chi connectivity index (χ2n) is 15.9. The third-order valence-corrected chi connectivity index (χ3v) is 12.9. The highest BCUT2D eigenvalue weighted by Gasteiger charge is 2.42. The summed E-state index contributed by atoms with van der Waals surface area (Å²) in [4.78, 5) is 66.4. The minimum absolute atomic E-state index is 0.0149. The first-order chi connectivity index (χ1) is 31.2. The minimum atomic E-state index is -0.383. The molecular formula is C46H51N11O5S2. The van der Waals surface area contributed by atoms with Crippen molar-refractivity contribution in [2.45, 2.75) is 51.1 Å². The number of thiazole rings is 2. The van der Waals surface area contributed by atoms with Gasteiger partial charge in [0.15, 0.2) is 12.3 Å². The number of amides is 3. The molecule has 2 aliphatic heterocycles. The summed E-state index contributed by atoms with van der Waals surface area (Å²) in [5.74, 6) is 0.533. The van der Waals surface area contributed by atoms with Gasteiger partial charge in [-0.1, -0.05) is 42.5 Å². The second kappa shape index (κ2) is 20.8. The average Bonchev–Trinajstić information content (AvgIpc) is 4.13. The molecule has 0 radical (unpaired) electrons. The predicted octanol–water partition coefficient (Wildman–Crippen LogP) is 6.59. The minimum Gasteiger partial charge on any atom is -0.484 e. The topological polar surface area (TPSA) is 183 Å². The van der Waals surface area contributed by atoms with Gasteiger partial charge in [0.25, 0.3) is 5.91 Å². The van der Waals surface area contributed by atoms with E-state index in [0.717, 1.165) is 56.4 Å². The predicted molar refractivity (Wildman–Crippen MR) is 249 cm³/mol. The first kappa shape index (κ1) is 44.1. The highest BCUT2D eigenvalue weighted by Crippen LogP contribution is 2.34. The van der Waals surface area contributed by atoms with Crippen LogP contribution in [-0.2, 0) is 20.8 Å². The van der Waals surface area contributed by atoms with E-state index in [1.54, 1.807) is 23.7 Å². The van der Waals surface area contributed by atoms with Crippen molar-refractivity contribution in [2.75, 3.05) is 57.8 Å². The Morgan fingerprint density at radius 1 is 0.906 bits per heavy atom. The molecular weight excluding hydrogens is 851 g/mol. The third kappa shape index (κ3) is 11.0. The van der Waals surface area contributed by atoms with Crippen LogP contribution < -0.4 is 25.8 Å². The number of ether oxygens (including phenoxy) is 1. The standard InChI is InChI=1S/C46H51N11O5S2/c1-31(58)47-22-19-32-9-13-35(14-10-32)55-27-36-15-16-37(28-55)56(36)41(60)20-25-54(2)24-6-21-48-40(59)29-62-38-17-11-33(12-18-38)39-30-64-46(50-39)57-44(61)43(51-52-45-49-23-26-63-45)42(53-57)34-7-4-3-5-8-34/h3-5,7-14,17-18,23,26,30,36-37,53H,6,15-16,19-22,24-25,27-29H2,1-2H3,(H,47,58)(H,48,59). The fraction of sp³-hybridized carbons (Fsp3) is 0.348. The molecule has 16 nitrogen and oxygen atoms in total. The van der Waals surface area contributed by atoms with Crippen LogP contribution in [0.25, 0.3) is 27.6 Å². The van der Waals surface area contributed by atoms with Crippen molar-refractivity contribution < 1.29 is 19.1 Å². The van der Waals surface area contributed by atoms with Crippen molar-refractivity contribution in [1.29, 1.82) is 0 Å². The highest BCUT2D eigenvalue weighted by molar-refractivity contribution is 7.13. The molecule has 2 saturated heterocycles. The number of rotatable bonds is 19. The van der Waals surface area contributed by atoms with Gasteiger partial charge in [0, 0.05) is 91.9 Å². The van der Waals surface area contributed by atoms with Crippen molar-refractivity contribution in [1.82, 2.24) is 40.2 Å². The molecule has 3 amide bonds. The molecule has 0 aliphatic carbocycles. The Bertz CT molecular complexity index is 2580. The molecule has 3 aromatic heterocycles. The van der Waals surface area contributed by atoms with Crippen LogP contribution in [0.15, 0.2) is 111 Å². The van der Waals surface area contributed by atoms with Crippen molar-refractivity contribution in [3.05, 3.63) is 112 Å². The van der Waals surface area contributed by atoms with Gasteiger partial charge in [-0.05, 0) is 81.2 Å². The van der Waals surface area contributed by atoms with Gasteiger partial charge in [0.05, 0.1) is 11.4 Å². The maximum atomic E-state index is 13.6. The van der Waals surface area contributed by atoms with E-state index in [2.05, 4.69) is 69.9 Å². The number of H-pyrrole nitrogens is 1. The summed E-state index contributed by atoms with van der Waals surface area (Å²) < 4.78 is 7.14. The van der Waals surface area contributed by atoms with Crippen molar-refractivity contribution in [3.63, 3.8) is 0 Å². The molecule has 3 N–H and O–H groups in total. The third-order valence-electron chi connectivity index (χ3n) is 11.4. The van der Waals surface area contributed by atoms with Gasteiger partial charge in [0.2, 0.25) is 22.1 Å². The molecule has 5 heterocycles. The molecule has 3 aromatic carbocycles. The Morgan fingerprint density at radius 2 is 1.67 bits per heavy atom. The van der Waals surface area contributed by atoms with Gasteiger partial charge < -0.3 is 30.1 Å². The molecule has 2 unspecified atom stereocenters. The number of hydrogen-bond donors (Lipinski definition) is 3. The Balaban J connectivity index is 0.744. The zero-order chi connectivity index (χ0) is 44.4. The molecule has 332 valence electrons. The zero-order valence-corrected chi connectivity index (χ0v) is 37.4. The summed E-state index contributed by atoms with van der Waals surface area (Å²) >= 11 is 2.64. The van der Waals surface area contributed by atoms with Gasteiger partial charge in [-0.15, -0.1) is 32.9 Å². The summed E-state index contributed by atoms with van der Waals surface area (Å²) in [6, 6.07) is 25.8. The van der Waals surface area contributed by atoms with Gasteiger partial charge in [0.1, 0.15) is 5.75 Å². The largest absolute Gasteiger partial charge is 0.484 e.